The van der Waals surface area contributed by atoms with Crippen LogP contribution in [0, 0.1) is 6.92 Å². The standard InChI is InChI=1S/C15H21BrN2O/c1-3-18-14(19)6-4-5-13(17)15(18)11-8-7-10(2)12(16)9-11/h7-9,13,15H,3-6,17H2,1-2H3. The Morgan fingerprint density at radius 1 is 1.47 bits per heavy atom. The fourth-order valence-corrected chi connectivity index (χ4v) is 3.17. The number of nitrogens with two attached hydrogens (primary N) is 1. The highest BCUT2D eigenvalue weighted by atomic mass is 79.9. The molecule has 1 aliphatic heterocycles. The van der Waals surface area contributed by atoms with Gasteiger partial charge < -0.3 is 10.6 Å². The van der Waals surface area contributed by atoms with Gasteiger partial charge in [-0.3, -0.25) is 4.79 Å². The molecule has 2 unspecified atom stereocenters. The SMILES string of the molecule is CCN1C(=O)CCCC(N)C1c1ccc(C)c(Br)c1. The molecule has 3 nitrogen and oxygen atoms in total. The zero-order valence-electron chi connectivity index (χ0n) is 11.5. The summed E-state index contributed by atoms with van der Waals surface area (Å²) >= 11 is 3.56. The molecule has 2 N–H and O–H groups in total. The molecule has 19 heavy (non-hydrogen) atoms. The highest BCUT2D eigenvalue weighted by Crippen LogP contribution is 2.32. The van der Waals surface area contributed by atoms with Gasteiger partial charge in [-0.1, -0.05) is 28.1 Å². The molecule has 1 aromatic rings. The summed E-state index contributed by atoms with van der Waals surface area (Å²) < 4.78 is 1.07. The van der Waals surface area contributed by atoms with Crippen molar-refractivity contribution in [2.24, 2.45) is 5.73 Å². The molecule has 2 atom stereocenters. The highest BCUT2D eigenvalue weighted by molar-refractivity contribution is 9.10. The molecular formula is C15H21BrN2O. The van der Waals surface area contributed by atoms with Crippen molar-refractivity contribution in [1.29, 1.82) is 0 Å². The molecule has 1 aromatic carbocycles. The van der Waals surface area contributed by atoms with Crippen LogP contribution in [0.5, 0.6) is 0 Å². The summed E-state index contributed by atoms with van der Waals surface area (Å²) in [6, 6.07) is 6.28. The van der Waals surface area contributed by atoms with Crippen LogP contribution in [-0.2, 0) is 4.79 Å². The lowest BCUT2D eigenvalue weighted by molar-refractivity contribution is -0.133. The number of hydrogen-bond donors (Lipinski definition) is 1. The Kier molecular flexibility index (Phi) is 4.63. The smallest absolute Gasteiger partial charge is 0.223 e. The Balaban J connectivity index is 2.41. The summed E-state index contributed by atoms with van der Waals surface area (Å²) in [6.45, 7) is 4.79. The van der Waals surface area contributed by atoms with E-state index in [1.54, 1.807) is 0 Å². The van der Waals surface area contributed by atoms with Crippen LogP contribution >= 0.6 is 15.9 Å². The van der Waals surface area contributed by atoms with Crippen molar-refractivity contribution in [2.45, 2.75) is 45.2 Å². The first-order valence-electron chi connectivity index (χ1n) is 6.85. The lowest BCUT2D eigenvalue weighted by Gasteiger charge is -2.33. The predicted molar refractivity (Wildman–Crippen MR) is 80.8 cm³/mol. The average Bonchev–Trinajstić information content (AvgIpc) is 2.52. The maximum atomic E-state index is 12.2. The Bertz CT molecular complexity index is 475. The van der Waals surface area contributed by atoms with Crippen molar-refractivity contribution in [1.82, 2.24) is 4.90 Å². The van der Waals surface area contributed by atoms with Crippen LogP contribution in [0.1, 0.15) is 43.4 Å². The number of amides is 1. The molecule has 4 heteroatoms. The van der Waals surface area contributed by atoms with Gasteiger partial charge in [-0.05, 0) is 43.9 Å². The molecule has 0 aromatic heterocycles. The van der Waals surface area contributed by atoms with Crippen LogP contribution in [-0.4, -0.2) is 23.4 Å². The maximum Gasteiger partial charge on any atom is 0.223 e. The summed E-state index contributed by atoms with van der Waals surface area (Å²) in [7, 11) is 0. The molecule has 0 radical (unpaired) electrons. The van der Waals surface area contributed by atoms with Crippen molar-refractivity contribution in [3.8, 4) is 0 Å². The van der Waals surface area contributed by atoms with Crippen molar-refractivity contribution in [3.05, 3.63) is 33.8 Å². The Labute approximate surface area is 123 Å². The quantitative estimate of drug-likeness (QED) is 0.908. The second-order valence-corrected chi connectivity index (χ2v) is 6.04. The van der Waals surface area contributed by atoms with E-state index in [-0.39, 0.29) is 18.0 Å². The van der Waals surface area contributed by atoms with Crippen LogP contribution in [0.25, 0.3) is 0 Å². The first-order valence-corrected chi connectivity index (χ1v) is 7.65. The molecule has 1 aliphatic rings. The molecule has 0 saturated carbocycles. The number of hydrogen-bond acceptors (Lipinski definition) is 2. The van der Waals surface area contributed by atoms with Crippen LogP contribution in [0.4, 0.5) is 0 Å². The Morgan fingerprint density at radius 3 is 2.84 bits per heavy atom. The normalized spacial score (nSPS) is 24.4. The molecule has 1 saturated heterocycles. The lowest BCUT2D eigenvalue weighted by atomic mass is 9.95. The topological polar surface area (TPSA) is 46.3 Å². The summed E-state index contributed by atoms with van der Waals surface area (Å²) in [4.78, 5) is 14.1. The minimum atomic E-state index is -0.00287. The Hall–Kier alpha value is -0.870. The third-order valence-corrected chi connectivity index (χ3v) is 4.72. The van der Waals surface area contributed by atoms with Crippen molar-refractivity contribution < 1.29 is 4.79 Å². The predicted octanol–water partition coefficient (Wildman–Crippen LogP) is 3.16. The third-order valence-electron chi connectivity index (χ3n) is 3.87. The van der Waals surface area contributed by atoms with Gasteiger partial charge in [-0.25, -0.2) is 0 Å². The van der Waals surface area contributed by atoms with E-state index in [9.17, 15) is 4.79 Å². The fraction of sp³-hybridized carbons (Fsp3) is 0.533. The van der Waals surface area contributed by atoms with E-state index in [0.29, 0.717) is 13.0 Å². The number of aryl methyl sites for hydroxylation is 1. The number of carbonyl (C=O) groups excluding carboxylic acids is 1. The van der Waals surface area contributed by atoms with Crippen LogP contribution < -0.4 is 5.73 Å². The van der Waals surface area contributed by atoms with E-state index in [4.69, 9.17) is 5.73 Å². The van der Waals surface area contributed by atoms with Crippen LogP contribution in [0.2, 0.25) is 0 Å². The second kappa shape index (κ2) is 6.06. The molecule has 0 bridgehead atoms. The summed E-state index contributed by atoms with van der Waals surface area (Å²) in [5, 5.41) is 0. The van der Waals surface area contributed by atoms with E-state index < -0.39 is 0 Å². The van der Waals surface area contributed by atoms with Gasteiger partial charge in [0.05, 0.1) is 6.04 Å². The number of likely N-dealkylation sites (tertiary alicyclic amines) is 1. The van der Waals surface area contributed by atoms with Gasteiger partial charge in [-0.2, -0.15) is 0 Å². The monoisotopic (exact) mass is 324 g/mol. The number of carbonyl (C=O) groups is 1. The summed E-state index contributed by atoms with van der Waals surface area (Å²) in [6.07, 6.45) is 2.41. The summed E-state index contributed by atoms with van der Waals surface area (Å²) in [5.74, 6) is 0.220. The summed E-state index contributed by atoms with van der Waals surface area (Å²) in [5.41, 5.74) is 8.64. The number of likely N-dealkylation sites (N-methyl/N-ethyl adjacent to an activating group) is 1. The van der Waals surface area contributed by atoms with E-state index in [1.807, 2.05) is 11.8 Å². The van der Waals surface area contributed by atoms with Crippen LogP contribution in [0.3, 0.4) is 0 Å². The van der Waals surface area contributed by atoms with Gasteiger partial charge in [0, 0.05) is 23.5 Å². The first-order chi connectivity index (χ1) is 9.04. The van der Waals surface area contributed by atoms with Crippen molar-refractivity contribution in [3.63, 3.8) is 0 Å². The fourth-order valence-electron chi connectivity index (χ4n) is 2.77. The highest BCUT2D eigenvalue weighted by Gasteiger charge is 2.31. The number of benzene rings is 1. The lowest BCUT2D eigenvalue weighted by Crippen LogP contribution is -2.42. The van der Waals surface area contributed by atoms with E-state index in [2.05, 4.69) is 41.1 Å². The van der Waals surface area contributed by atoms with E-state index >= 15 is 0 Å². The molecule has 1 amide bonds. The zero-order valence-corrected chi connectivity index (χ0v) is 13.1. The number of halogens is 1. The molecule has 2 rings (SSSR count). The van der Waals surface area contributed by atoms with Gasteiger partial charge in [-0.15, -0.1) is 0 Å². The van der Waals surface area contributed by atoms with Gasteiger partial charge in [0.15, 0.2) is 0 Å². The van der Waals surface area contributed by atoms with Crippen LogP contribution in [0.15, 0.2) is 22.7 Å². The van der Waals surface area contributed by atoms with Crippen molar-refractivity contribution >= 4 is 21.8 Å². The van der Waals surface area contributed by atoms with Gasteiger partial charge in [0.2, 0.25) is 5.91 Å². The van der Waals surface area contributed by atoms with E-state index in [0.717, 1.165) is 22.9 Å². The molecule has 104 valence electrons. The largest absolute Gasteiger partial charge is 0.334 e. The number of rotatable bonds is 2. The molecule has 0 spiro atoms. The Morgan fingerprint density at radius 2 is 2.21 bits per heavy atom. The van der Waals surface area contributed by atoms with Crippen molar-refractivity contribution in [2.75, 3.05) is 6.54 Å². The zero-order chi connectivity index (χ0) is 14.0. The van der Waals surface area contributed by atoms with Gasteiger partial charge in [0.25, 0.3) is 0 Å². The second-order valence-electron chi connectivity index (χ2n) is 5.19. The third kappa shape index (κ3) is 3.00. The van der Waals surface area contributed by atoms with E-state index in [1.165, 1.54) is 5.56 Å². The van der Waals surface area contributed by atoms with Gasteiger partial charge in [0.1, 0.15) is 0 Å². The molecule has 1 fully saturated rings. The molecule has 0 aliphatic carbocycles. The number of nitrogens with zero attached hydrogens (tertiary/aromatic N) is 1. The molecular weight excluding hydrogens is 304 g/mol. The van der Waals surface area contributed by atoms with Gasteiger partial charge >= 0.3 is 0 Å². The minimum absolute atomic E-state index is 0.00287. The molecule has 1 heterocycles. The minimum Gasteiger partial charge on any atom is -0.334 e. The maximum absolute atomic E-state index is 12.2. The average molecular weight is 325 g/mol. The first kappa shape index (κ1) is 14.5.